The lowest BCUT2D eigenvalue weighted by atomic mass is 10.1. The minimum absolute atomic E-state index is 0.0284. The van der Waals surface area contributed by atoms with Gasteiger partial charge in [-0.25, -0.2) is 0 Å². The Balaban J connectivity index is 2.09. The van der Waals surface area contributed by atoms with E-state index in [1.165, 1.54) is 6.08 Å². The fourth-order valence-electron chi connectivity index (χ4n) is 1.72. The zero-order valence-electron chi connectivity index (χ0n) is 11.4. The Morgan fingerprint density at radius 2 is 1.79 bits per heavy atom. The predicted octanol–water partition coefficient (Wildman–Crippen LogP) is 3.55. The van der Waals surface area contributed by atoms with Gasteiger partial charge in [-0.2, -0.15) is 0 Å². The van der Waals surface area contributed by atoms with Crippen LogP contribution in [0.2, 0.25) is 0 Å². The average Bonchev–Trinajstić information content (AvgIpc) is 2.82. The molecule has 0 spiro atoms. The number of hydrogen-bond acceptors (Lipinski definition) is 3. The SMILES string of the molecule is Cc1ccc(/C=C/C(=O)c2ccc(N(C)C)cc2)o1. The van der Waals surface area contributed by atoms with E-state index < -0.39 is 0 Å². The number of benzene rings is 1. The van der Waals surface area contributed by atoms with E-state index in [1.54, 1.807) is 6.08 Å². The van der Waals surface area contributed by atoms with E-state index in [-0.39, 0.29) is 5.78 Å². The molecule has 19 heavy (non-hydrogen) atoms. The molecule has 0 saturated heterocycles. The van der Waals surface area contributed by atoms with Gasteiger partial charge in [-0.3, -0.25) is 4.79 Å². The highest BCUT2D eigenvalue weighted by Gasteiger charge is 2.03. The van der Waals surface area contributed by atoms with E-state index in [2.05, 4.69) is 0 Å². The zero-order chi connectivity index (χ0) is 13.8. The first-order valence-electron chi connectivity index (χ1n) is 6.12. The van der Waals surface area contributed by atoms with Crippen molar-refractivity contribution in [2.45, 2.75) is 6.92 Å². The number of hydrogen-bond donors (Lipinski definition) is 0. The lowest BCUT2D eigenvalue weighted by Gasteiger charge is -2.11. The van der Waals surface area contributed by atoms with Crippen LogP contribution in [-0.4, -0.2) is 19.9 Å². The molecule has 0 saturated carbocycles. The number of carbonyl (C=O) groups excluding carboxylic acids is 1. The Kier molecular flexibility index (Phi) is 3.85. The number of anilines is 1. The first kappa shape index (κ1) is 13.1. The third kappa shape index (κ3) is 3.35. The van der Waals surface area contributed by atoms with Crippen LogP contribution >= 0.6 is 0 Å². The molecule has 0 radical (unpaired) electrons. The molecule has 0 N–H and O–H groups in total. The molecule has 3 nitrogen and oxygen atoms in total. The summed E-state index contributed by atoms with van der Waals surface area (Å²) < 4.78 is 5.37. The van der Waals surface area contributed by atoms with Gasteiger partial charge in [0.15, 0.2) is 5.78 Å². The number of rotatable bonds is 4. The predicted molar refractivity (Wildman–Crippen MR) is 77.6 cm³/mol. The molecule has 3 heteroatoms. The summed E-state index contributed by atoms with van der Waals surface area (Å²) in [6.45, 7) is 1.87. The molecule has 0 aliphatic rings. The third-order valence-corrected chi connectivity index (χ3v) is 2.83. The van der Waals surface area contributed by atoms with Crippen molar-refractivity contribution in [1.29, 1.82) is 0 Å². The van der Waals surface area contributed by atoms with Crippen molar-refractivity contribution in [2.24, 2.45) is 0 Å². The summed E-state index contributed by atoms with van der Waals surface area (Å²) in [6.07, 6.45) is 3.22. The van der Waals surface area contributed by atoms with Gasteiger partial charge in [-0.05, 0) is 55.5 Å². The molecule has 0 fully saturated rings. The standard InChI is InChI=1S/C16H17NO2/c1-12-4-9-15(19-12)10-11-16(18)13-5-7-14(8-6-13)17(2)3/h4-11H,1-3H3/b11-10+. The Morgan fingerprint density at radius 3 is 2.32 bits per heavy atom. The highest BCUT2D eigenvalue weighted by Crippen LogP contribution is 2.14. The molecule has 0 bridgehead atoms. The van der Waals surface area contributed by atoms with E-state index >= 15 is 0 Å². The number of allylic oxidation sites excluding steroid dienone is 1. The first-order valence-corrected chi connectivity index (χ1v) is 6.12. The lowest BCUT2D eigenvalue weighted by molar-refractivity contribution is 0.104. The fourth-order valence-corrected chi connectivity index (χ4v) is 1.72. The van der Waals surface area contributed by atoms with Crippen molar-refractivity contribution < 1.29 is 9.21 Å². The smallest absolute Gasteiger partial charge is 0.185 e. The fraction of sp³-hybridized carbons (Fsp3) is 0.188. The molecule has 1 aromatic carbocycles. The Labute approximate surface area is 113 Å². The summed E-state index contributed by atoms with van der Waals surface area (Å²) in [5, 5.41) is 0. The molecule has 98 valence electrons. The van der Waals surface area contributed by atoms with Crippen LogP contribution in [0.4, 0.5) is 5.69 Å². The van der Waals surface area contributed by atoms with Gasteiger partial charge in [0, 0.05) is 25.3 Å². The van der Waals surface area contributed by atoms with Crippen LogP contribution < -0.4 is 4.90 Å². The summed E-state index contributed by atoms with van der Waals surface area (Å²) in [5.41, 5.74) is 1.74. The Morgan fingerprint density at radius 1 is 1.11 bits per heavy atom. The number of aryl methyl sites for hydroxylation is 1. The van der Waals surface area contributed by atoms with Gasteiger partial charge in [0.1, 0.15) is 11.5 Å². The van der Waals surface area contributed by atoms with Crippen molar-refractivity contribution in [2.75, 3.05) is 19.0 Å². The summed E-state index contributed by atoms with van der Waals surface area (Å²) in [4.78, 5) is 14.0. The molecular weight excluding hydrogens is 238 g/mol. The molecule has 0 aliphatic carbocycles. The van der Waals surface area contributed by atoms with Gasteiger partial charge in [0.05, 0.1) is 0 Å². The number of nitrogens with zero attached hydrogens (tertiary/aromatic N) is 1. The van der Waals surface area contributed by atoms with Gasteiger partial charge in [-0.1, -0.05) is 0 Å². The van der Waals surface area contributed by atoms with Crippen molar-refractivity contribution in [3.63, 3.8) is 0 Å². The first-order chi connectivity index (χ1) is 9.06. The summed E-state index contributed by atoms with van der Waals surface area (Å²) in [6, 6.07) is 11.2. The van der Waals surface area contributed by atoms with Crippen molar-refractivity contribution in [3.8, 4) is 0 Å². The molecule has 0 aliphatic heterocycles. The van der Waals surface area contributed by atoms with Gasteiger partial charge >= 0.3 is 0 Å². The molecule has 0 unspecified atom stereocenters. The normalized spacial score (nSPS) is 10.9. The second kappa shape index (κ2) is 5.57. The van der Waals surface area contributed by atoms with Crippen LogP contribution in [0.25, 0.3) is 6.08 Å². The number of furan rings is 1. The van der Waals surface area contributed by atoms with Gasteiger partial charge in [-0.15, -0.1) is 0 Å². The minimum Gasteiger partial charge on any atom is -0.462 e. The lowest BCUT2D eigenvalue weighted by Crippen LogP contribution is -2.08. The summed E-state index contributed by atoms with van der Waals surface area (Å²) in [7, 11) is 3.94. The monoisotopic (exact) mass is 255 g/mol. The molecule has 0 amide bonds. The van der Waals surface area contributed by atoms with Crippen LogP contribution in [-0.2, 0) is 0 Å². The largest absolute Gasteiger partial charge is 0.462 e. The summed E-state index contributed by atoms with van der Waals surface area (Å²) in [5.74, 6) is 1.50. The van der Waals surface area contributed by atoms with Crippen LogP contribution in [0.15, 0.2) is 46.9 Å². The number of ketones is 1. The van der Waals surface area contributed by atoms with Crippen molar-refractivity contribution >= 4 is 17.5 Å². The maximum Gasteiger partial charge on any atom is 0.185 e. The van der Waals surface area contributed by atoms with E-state index in [1.807, 2.05) is 62.3 Å². The molecule has 1 heterocycles. The van der Waals surface area contributed by atoms with E-state index in [4.69, 9.17) is 4.42 Å². The number of carbonyl (C=O) groups is 1. The van der Waals surface area contributed by atoms with Crippen LogP contribution in [0.3, 0.4) is 0 Å². The Hall–Kier alpha value is -2.29. The van der Waals surface area contributed by atoms with Crippen LogP contribution in [0, 0.1) is 6.92 Å². The molecular formula is C16H17NO2. The average molecular weight is 255 g/mol. The van der Waals surface area contributed by atoms with E-state index in [9.17, 15) is 4.79 Å². The van der Waals surface area contributed by atoms with Crippen LogP contribution in [0.5, 0.6) is 0 Å². The maximum absolute atomic E-state index is 12.0. The minimum atomic E-state index is -0.0284. The highest BCUT2D eigenvalue weighted by atomic mass is 16.3. The highest BCUT2D eigenvalue weighted by molar-refractivity contribution is 6.06. The van der Waals surface area contributed by atoms with Crippen LogP contribution in [0.1, 0.15) is 21.9 Å². The third-order valence-electron chi connectivity index (χ3n) is 2.83. The molecule has 1 aromatic heterocycles. The van der Waals surface area contributed by atoms with E-state index in [0.717, 1.165) is 11.4 Å². The second-order valence-corrected chi connectivity index (χ2v) is 4.59. The van der Waals surface area contributed by atoms with Gasteiger partial charge < -0.3 is 9.32 Å². The summed E-state index contributed by atoms with van der Waals surface area (Å²) >= 11 is 0. The molecule has 2 rings (SSSR count). The Bertz CT molecular complexity index is 591. The maximum atomic E-state index is 12.0. The quantitative estimate of drug-likeness (QED) is 0.619. The molecule has 2 aromatic rings. The van der Waals surface area contributed by atoms with Gasteiger partial charge in [0.25, 0.3) is 0 Å². The molecule has 0 atom stereocenters. The van der Waals surface area contributed by atoms with Crippen molar-refractivity contribution in [3.05, 3.63) is 59.6 Å². The van der Waals surface area contributed by atoms with Gasteiger partial charge in [0.2, 0.25) is 0 Å². The topological polar surface area (TPSA) is 33.5 Å². The van der Waals surface area contributed by atoms with E-state index in [0.29, 0.717) is 11.3 Å². The zero-order valence-corrected chi connectivity index (χ0v) is 11.4. The van der Waals surface area contributed by atoms with Crippen molar-refractivity contribution in [1.82, 2.24) is 0 Å². The second-order valence-electron chi connectivity index (χ2n) is 4.59.